The molecule has 1 aromatic rings. The number of carbonyl (C=O) groups is 3. The molecule has 0 spiro atoms. The fraction of sp³-hybridized carbons (Fsp3) is 0.308. The number of nitrogens with one attached hydrogen (secondary N) is 1. The molecule has 0 bridgehead atoms. The van der Waals surface area contributed by atoms with Crippen LogP contribution in [0.1, 0.15) is 31.1 Å². The van der Waals surface area contributed by atoms with Gasteiger partial charge in [0.1, 0.15) is 11.4 Å². The quantitative estimate of drug-likeness (QED) is 0.443. The topological polar surface area (TPSA) is 113 Å². The van der Waals surface area contributed by atoms with Gasteiger partial charge in [-0.05, 0) is 39.0 Å². The number of phenols is 1. The average molecular weight is 281 g/mol. The number of ether oxygens (including phenoxy) is 1. The number of hydrogen-bond donors (Lipinski definition) is 3. The lowest BCUT2D eigenvalue weighted by Crippen LogP contribution is -2.27. The molecule has 0 saturated carbocycles. The van der Waals surface area contributed by atoms with E-state index in [1.54, 1.807) is 20.8 Å². The SMILES string of the molecule is CC(C)(C)OC(=O)Nc1cc(C(=O)C(=O)O)ccc1O. The van der Waals surface area contributed by atoms with Crippen LogP contribution < -0.4 is 5.32 Å². The maximum Gasteiger partial charge on any atom is 0.412 e. The van der Waals surface area contributed by atoms with E-state index < -0.39 is 23.4 Å². The first-order valence-electron chi connectivity index (χ1n) is 5.71. The molecule has 0 radical (unpaired) electrons. The van der Waals surface area contributed by atoms with E-state index in [0.717, 1.165) is 18.2 Å². The zero-order valence-corrected chi connectivity index (χ0v) is 11.3. The highest BCUT2D eigenvalue weighted by atomic mass is 16.6. The molecule has 0 atom stereocenters. The fourth-order valence-electron chi connectivity index (χ4n) is 1.31. The Balaban J connectivity index is 2.95. The molecule has 1 rings (SSSR count). The molecule has 7 nitrogen and oxygen atoms in total. The number of benzene rings is 1. The number of carboxylic acids is 1. The number of phenolic OH excluding ortho intramolecular Hbond substituents is 1. The molecule has 0 fully saturated rings. The molecule has 1 aromatic carbocycles. The molecule has 0 aromatic heterocycles. The van der Waals surface area contributed by atoms with Crippen LogP contribution in [0.5, 0.6) is 5.75 Å². The summed E-state index contributed by atoms with van der Waals surface area (Å²) in [7, 11) is 0. The van der Waals surface area contributed by atoms with Crippen molar-refractivity contribution in [3.05, 3.63) is 23.8 Å². The number of amides is 1. The van der Waals surface area contributed by atoms with E-state index in [0.29, 0.717) is 0 Å². The van der Waals surface area contributed by atoms with Crippen molar-refractivity contribution in [2.75, 3.05) is 5.32 Å². The van der Waals surface area contributed by atoms with Gasteiger partial charge in [0.15, 0.2) is 0 Å². The number of carboxylic acid groups (broad SMARTS) is 1. The molecule has 1 amide bonds. The summed E-state index contributed by atoms with van der Waals surface area (Å²) in [5, 5.41) is 20.4. The highest BCUT2D eigenvalue weighted by Gasteiger charge is 2.19. The highest BCUT2D eigenvalue weighted by Crippen LogP contribution is 2.25. The van der Waals surface area contributed by atoms with Crippen LogP contribution >= 0.6 is 0 Å². The van der Waals surface area contributed by atoms with Gasteiger partial charge in [0.05, 0.1) is 5.69 Å². The monoisotopic (exact) mass is 281 g/mol. The summed E-state index contributed by atoms with van der Waals surface area (Å²) >= 11 is 0. The van der Waals surface area contributed by atoms with Crippen molar-refractivity contribution in [2.45, 2.75) is 26.4 Å². The second-order valence-corrected chi connectivity index (χ2v) is 4.99. The summed E-state index contributed by atoms with van der Waals surface area (Å²) in [6.07, 6.45) is -0.826. The minimum Gasteiger partial charge on any atom is -0.506 e. The molecule has 0 aliphatic heterocycles. The third-order valence-electron chi connectivity index (χ3n) is 2.09. The van der Waals surface area contributed by atoms with Gasteiger partial charge in [0.2, 0.25) is 0 Å². The number of hydrogen-bond acceptors (Lipinski definition) is 5. The first kappa shape index (κ1) is 15.5. The van der Waals surface area contributed by atoms with Crippen LogP contribution in [0, 0.1) is 0 Å². The third-order valence-corrected chi connectivity index (χ3v) is 2.09. The van der Waals surface area contributed by atoms with Crippen LogP contribution in [-0.4, -0.2) is 33.7 Å². The second-order valence-electron chi connectivity index (χ2n) is 4.99. The van der Waals surface area contributed by atoms with Gasteiger partial charge in [-0.3, -0.25) is 10.1 Å². The van der Waals surface area contributed by atoms with E-state index in [-0.39, 0.29) is 17.0 Å². The highest BCUT2D eigenvalue weighted by molar-refractivity contribution is 6.40. The number of ketones is 1. The number of Topliss-reactive ketones (excluding diaryl/α,β-unsaturated/α-hetero) is 1. The molecule has 0 aliphatic carbocycles. The molecule has 0 unspecified atom stereocenters. The molecular weight excluding hydrogens is 266 g/mol. The van der Waals surface area contributed by atoms with E-state index in [1.165, 1.54) is 0 Å². The van der Waals surface area contributed by atoms with Gasteiger partial charge in [0.25, 0.3) is 5.78 Å². The average Bonchev–Trinajstić information content (AvgIpc) is 2.28. The Bertz CT molecular complexity index is 558. The van der Waals surface area contributed by atoms with E-state index in [9.17, 15) is 19.5 Å². The summed E-state index contributed by atoms with van der Waals surface area (Å²) in [6.45, 7) is 4.99. The fourth-order valence-corrected chi connectivity index (χ4v) is 1.31. The number of rotatable bonds is 3. The van der Waals surface area contributed by atoms with Crippen molar-refractivity contribution >= 4 is 23.5 Å². The number of aliphatic carboxylic acids is 1. The van der Waals surface area contributed by atoms with Gasteiger partial charge in [-0.1, -0.05) is 0 Å². The lowest BCUT2D eigenvalue weighted by atomic mass is 10.1. The Morgan fingerprint density at radius 3 is 2.30 bits per heavy atom. The van der Waals surface area contributed by atoms with Crippen LogP contribution in [-0.2, 0) is 9.53 Å². The summed E-state index contributed by atoms with van der Waals surface area (Å²) in [6, 6.07) is 3.32. The predicted molar refractivity (Wildman–Crippen MR) is 69.9 cm³/mol. The predicted octanol–water partition coefficient (Wildman–Crippen LogP) is 2.01. The van der Waals surface area contributed by atoms with Crippen LogP contribution in [0.25, 0.3) is 0 Å². The van der Waals surface area contributed by atoms with E-state index in [1.807, 2.05) is 0 Å². The molecule has 0 aliphatic rings. The van der Waals surface area contributed by atoms with Crippen LogP contribution in [0.15, 0.2) is 18.2 Å². The van der Waals surface area contributed by atoms with E-state index in [2.05, 4.69) is 5.32 Å². The van der Waals surface area contributed by atoms with Crippen molar-refractivity contribution < 1.29 is 29.3 Å². The third kappa shape index (κ3) is 4.27. The molecule has 108 valence electrons. The van der Waals surface area contributed by atoms with Gasteiger partial charge in [-0.25, -0.2) is 9.59 Å². The van der Waals surface area contributed by atoms with Gasteiger partial charge in [-0.15, -0.1) is 0 Å². The largest absolute Gasteiger partial charge is 0.506 e. The van der Waals surface area contributed by atoms with Gasteiger partial charge >= 0.3 is 12.1 Å². The number of anilines is 1. The molecule has 3 N–H and O–H groups in total. The van der Waals surface area contributed by atoms with Crippen molar-refractivity contribution in [1.82, 2.24) is 0 Å². The van der Waals surface area contributed by atoms with Crippen LogP contribution in [0.4, 0.5) is 10.5 Å². The molecule has 0 saturated heterocycles. The first-order chi connectivity index (χ1) is 9.10. The smallest absolute Gasteiger partial charge is 0.412 e. The van der Waals surface area contributed by atoms with Gasteiger partial charge < -0.3 is 14.9 Å². The zero-order valence-electron chi connectivity index (χ0n) is 11.3. The Kier molecular flexibility index (Phi) is 4.34. The van der Waals surface area contributed by atoms with Crippen molar-refractivity contribution in [3.63, 3.8) is 0 Å². The summed E-state index contributed by atoms with van der Waals surface area (Å²) < 4.78 is 4.98. The molecular formula is C13H15NO6. The van der Waals surface area contributed by atoms with Gasteiger partial charge in [0, 0.05) is 5.56 Å². The maximum atomic E-state index is 11.5. The zero-order chi connectivity index (χ0) is 15.5. The number of aromatic hydroxyl groups is 1. The Labute approximate surface area is 115 Å². The minimum atomic E-state index is -1.63. The van der Waals surface area contributed by atoms with Crippen molar-refractivity contribution in [1.29, 1.82) is 0 Å². The normalized spacial score (nSPS) is 10.8. The number of carbonyl (C=O) groups excluding carboxylic acids is 2. The maximum absolute atomic E-state index is 11.5. The Morgan fingerprint density at radius 2 is 1.80 bits per heavy atom. The van der Waals surface area contributed by atoms with Gasteiger partial charge in [-0.2, -0.15) is 0 Å². The second kappa shape index (κ2) is 5.60. The Morgan fingerprint density at radius 1 is 1.20 bits per heavy atom. The lowest BCUT2D eigenvalue weighted by Gasteiger charge is -2.20. The van der Waals surface area contributed by atoms with Crippen molar-refractivity contribution in [3.8, 4) is 5.75 Å². The van der Waals surface area contributed by atoms with E-state index >= 15 is 0 Å². The van der Waals surface area contributed by atoms with Crippen LogP contribution in [0.3, 0.4) is 0 Å². The molecule has 20 heavy (non-hydrogen) atoms. The van der Waals surface area contributed by atoms with Crippen LogP contribution in [0.2, 0.25) is 0 Å². The van der Waals surface area contributed by atoms with E-state index in [4.69, 9.17) is 9.84 Å². The standard InChI is InChI=1S/C13H15NO6/c1-13(2,3)20-12(19)14-8-6-7(4-5-9(8)15)10(16)11(17)18/h4-6,15H,1-3H3,(H,14,19)(H,17,18). The first-order valence-corrected chi connectivity index (χ1v) is 5.71. The minimum absolute atomic E-state index is 0.105. The summed E-state index contributed by atoms with van der Waals surface area (Å²) in [4.78, 5) is 33.4. The molecule has 0 heterocycles. The Hall–Kier alpha value is -2.57. The molecule has 7 heteroatoms. The van der Waals surface area contributed by atoms with Crippen molar-refractivity contribution in [2.24, 2.45) is 0 Å². The summed E-state index contributed by atoms with van der Waals surface area (Å²) in [5.41, 5.74) is -0.999. The summed E-state index contributed by atoms with van der Waals surface area (Å²) in [5.74, 6) is -3.08. The lowest BCUT2D eigenvalue weighted by molar-refractivity contribution is -0.131.